The van der Waals surface area contributed by atoms with Gasteiger partial charge in [-0.3, -0.25) is 19.4 Å². The standard InChI is InChI=1S/C11H22N3O5PS/c1-5-6-12-20(17,21)14-7-8(9(14)15)13-10(16)18-19-11(2,3)4/h8H,5-7H2,1-4H3,(H,13,16)(H2,12,17,21)/t8-,20?/m0/s1. The highest BCUT2D eigenvalue weighted by Gasteiger charge is 2.45. The van der Waals surface area contributed by atoms with Gasteiger partial charge in [0.25, 0.3) is 5.91 Å². The lowest BCUT2D eigenvalue weighted by Gasteiger charge is -2.42. The van der Waals surface area contributed by atoms with Crippen LogP contribution in [0.25, 0.3) is 0 Å². The molecule has 1 saturated heterocycles. The third-order valence-corrected chi connectivity index (χ3v) is 5.09. The molecule has 8 nitrogen and oxygen atoms in total. The molecule has 0 radical (unpaired) electrons. The van der Waals surface area contributed by atoms with Crippen LogP contribution in [0.3, 0.4) is 0 Å². The maximum absolute atomic E-state index is 11.9. The van der Waals surface area contributed by atoms with Gasteiger partial charge in [0.1, 0.15) is 11.6 Å². The molecule has 0 bridgehead atoms. The number of nitrogens with zero attached hydrogens (tertiary/aromatic N) is 1. The fourth-order valence-electron chi connectivity index (χ4n) is 1.43. The lowest BCUT2D eigenvalue weighted by atomic mass is 10.2. The summed E-state index contributed by atoms with van der Waals surface area (Å²) in [7, 11) is 0. The van der Waals surface area contributed by atoms with Crippen LogP contribution in [0, 0.1) is 0 Å². The zero-order valence-corrected chi connectivity index (χ0v) is 14.3. The SMILES string of the molecule is CCCNP(O)(=S)N1C[C@H](NC(=O)OOC(C)(C)C)C1=O. The smallest absolute Gasteiger partial charge is 0.338 e. The van der Waals surface area contributed by atoms with Crippen LogP contribution in [0.1, 0.15) is 34.1 Å². The van der Waals surface area contributed by atoms with Crippen molar-refractivity contribution in [2.24, 2.45) is 0 Å². The zero-order valence-electron chi connectivity index (χ0n) is 12.6. The Hall–Kier alpha value is -0.730. The van der Waals surface area contributed by atoms with E-state index in [9.17, 15) is 14.5 Å². The van der Waals surface area contributed by atoms with E-state index in [0.29, 0.717) is 6.54 Å². The number of carbonyl (C=O) groups is 2. The molecule has 0 spiro atoms. The first-order valence-electron chi connectivity index (χ1n) is 6.63. The average molecular weight is 339 g/mol. The summed E-state index contributed by atoms with van der Waals surface area (Å²) >= 11 is 5.02. The Kier molecular flexibility index (Phi) is 6.12. The van der Waals surface area contributed by atoms with E-state index >= 15 is 0 Å². The number of carbonyl (C=O) groups excluding carboxylic acids is 2. The molecule has 21 heavy (non-hydrogen) atoms. The Morgan fingerprint density at radius 1 is 1.57 bits per heavy atom. The zero-order chi connectivity index (χ0) is 16.3. The maximum atomic E-state index is 11.9. The summed E-state index contributed by atoms with van der Waals surface area (Å²) in [4.78, 5) is 42.7. The minimum atomic E-state index is -3.05. The van der Waals surface area contributed by atoms with Crippen LogP contribution in [0.5, 0.6) is 0 Å². The van der Waals surface area contributed by atoms with Crippen molar-refractivity contribution >= 4 is 30.4 Å². The van der Waals surface area contributed by atoms with Crippen molar-refractivity contribution in [2.75, 3.05) is 13.1 Å². The number of rotatable bonds is 6. The third kappa shape index (κ3) is 5.52. The van der Waals surface area contributed by atoms with Crippen molar-refractivity contribution in [1.29, 1.82) is 0 Å². The summed E-state index contributed by atoms with van der Waals surface area (Å²) in [5.41, 5.74) is -0.635. The largest absolute Gasteiger partial charge is 0.439 e. The summed E-state index contributed by atoms with van der Waals surface area (Å²) in [6.45, 7) is 4.71. The Bertz CT molecular complexity index is 454. The monoisotopic (exact) mass is 339 g/mol. The van der Waals surface area contributed by atoms with Crippen LogP contribution in [0.15, 0.2) is 0 Å². The van der Waals surface area contributed by atoms with Gasteiger partial charge in [-0.05, 0) is 39.0 Å². The quantitative estimate of drug-likeness (QED) is 0.286. The predicted octanol–water partition coefficient (Wildman–Crippen LogP) is 0.870. The molecule has 1 fully saturated rings. The van der Waals surface area contributed by atoms with E-state index in [1.165, 1.54) is 4.67 Å². The lowest BCUT2D eigenvalue weighted by Crippen LogP contribution is -2.63. The van der Waals surface area contributed by atoms with Crippen molar-refractivity contribution in [3.8, 4) is 0 Å². The van der Waals surface area contributed by atoms with E-state index in [1.54, 1.807) is 20.8 Å². The fraction of sp³-hybridized carbons (Fsp3) is 0.818. The molecule has 2 amide bonds. The number of β-lactam (4-membered cyclic amide) rings is 1. The van der Waals surface area contributed by atoms with Crippen molar-refractivity contribution in [2.45, 2.75) is 45.8 Å². The molecular formula is C11H22N3O5PS. The van der Waals surface area contributed by atoms with Gasteiger partial charge < -0.3 is 10.2 Å². The maximum Gasteiger partial charge on any atom is 0.439 e. The second-order valence-electron chi connectivity index (χ2n) is 5.64. The molecule has 1 aliphatic rings. The molecule has 1 unspecified atom stereocenters. The molecule has 3 N–H and O–H groups in total. The average Bonchev–Trinajstić information content (AvgIpc) is 2.37. The van der Waals surface area contributed by atoms with E-state index in [0.717, 1.165) is 6.42 Å². The van der Waals surface area contributed by atoms with Gasteiger partial charge in [-0.25, -0.2) is 4.79 Å². The van der Waals surface area contributed by atoms with E-state index in [1.807, 2.05) is 6.92 Å². The minimum Gasteiger partial charge on any atom is -0.338 e. The van der Waals surface area contributed by atoms with Gasteiger partial charge in [-0.2, -0.15) is 4.89 Å². The predicted molar refractivity (Wildman–Crippen MR) is 80.8 cm³/mol. The molecule has 1 heterocycles. The Morgan fingerprint density at radius 2 is 2.19 bits per heavy atom. The van der Waals surface area contributed by atoms with Gasteiger partial charge in [-0.15, -0.1) is 0 Å². The van der Waals surface area contributed by atoms with Crippen LogP contribution in [-0.2, 0) is 26.4 Å². The minimum absolute atomic E-state index is 0.147. The summed E-state index contributed by atoms with van der Waals surface area (Å²) < 4.78 is 1.17. The molecule has 0 aromatic carbocycles. The summed E-state index contributed by atoms with van der Waals surface area (Å²) in [6.07, 6.45) is -0.0604. The van der Waals surface area contributed by atoms with Gasteiger partial charge in [0.05, 0.1) is 6.54 Å². The summed E-state index contributed by atoms with van der Waals surface area (Å²) in [5.74, 6) is -0.433. The van der Waals surface area contributed by atoms with Gasteiger partial charge in [0, 0.05) is 6.54 Å². The van der Waals surface area contributed by atoms with E-state index < -0.39 is 30.2 Å². The fourth-order valence-corrected chi connectivity index (χ4v) is 3.62. The molecule has 0 aliphatic carbocycles. The second-order valence-corrected chi connectivity index (χ2v) is 9.05. The topological polar surface area (TPSA) is 100 Å². The van der Waals surface area contributed by atoms with Crippen LogP contribution in [0.2, 0.25) is 0 Å². The Morgan fingerprint density at radius 3 is 2.67 bits per heavy atom. The third-order valence-electron chi connectivity index (χ3n) is 2.46. The Labute approximate surface area is 129 Å². The lowest BCUT2D eigenvalue weighted by molar-refractivity contribution is -0.300. The van der Waals surface area contributed by atoms with Crippen LogP contribution >= 0.6 is 6.57 Å². The van der Waals surface area contributed by atoms with E-state index in [4.69, 9.17) is 16.7 Å². The molecule has 10 heteroatoms. The van der Waals surface area contributed by atoms with E-state index in [-0.39, 0.29) is 6.54 Å². The van der Waals surface area contributed by atoms with Gasteiger partial charge in [0.15, 0.2) is 0 Å². The molecule has 0 aromatic rings. The van der Waals surface area contributed by atoms with Crippen molar-refractivity contribution in [3.63, 3.8) is 0 Å². The number of nitrogens with one attached hydrogen (secondary N) is 2. The summed E-state index contributed by atoms with van der Waals surface area (Å²) in [5, 5.41) is 5.13. The highest BCUT2D eigenvalue weighted by atomic mass is 32.4. The molecule has 0 aromatic heterocycles. The van der Waals surface area contributed by atoms with Crippen molar-refractivity contribution < 1.29 is 24.3 Å². The van der Waals surface area contributed by atoms with Crippen LogP contribution in [0.4, 0.5) is 4.79 Å². The van der Waals surface area contributed by atoms with E-state index in [2.05, 4.69) is 15.3 Å². The summed E-state index contributed by atoms with van der Waals surface area (Å²) in [6, 6.07) is -0.751. The normalized spacial score (nSPS) is 21.5. The number of hydrogen-bond donors (Lipinski definition) is 3. The molecule has 122 valence electrons. The molecule has 0 saturated carbocycles. The van der Waals surface area contributed by atoms with Gasteiger partial charge in [-0.1, -0.05) is 6.92 Å². The van der Waals surface area contributed by atoms with Gasteiger partial charge >= 0.3 is 6.09 Å². The highest BCUT2D eigenvalue weighted by molar-refractivity contribution is 8.10. The van der Waals surface area contributed by atoms with Crippen LogP contribution in [-0.4, -0.2) is 46.3 Å². The highest BCUT2D eigenvalue weighted by Crippen LogP contribution is 2.44. The van der Waals surface area contributed by atoms with Crippen LogP contribution < -0.4 is 10.4 Å². The molecule has 1 rings (SSSR count). The van der Waals surface area contributed by atoms with Gasteiger partial charge in [0.2, 0.25) is 6.57 Å². The number of hydrogen-bond acceptors (Lipinski definition) is 5. The van der Waals surface area contributed by atoms with Crippen molar-refractivity contribution in [3.05, 3.63) is 0 Å². The molecular weight excluding hydrogens is 317 g/mol. The second kappa shape index (κ2) is 7.02. The first kappa shape index (κ1) is 18.3. The molecule has 1 aliphatic heterocycles. The number of amides is 2. The van der Waals surface area contributed by atoms with Crippen molar-refractivity contribution in [1.82, 2.24) is 15.1 Å². The molecule has 2 atom stereocenters. The first-order chi connectivity index (χ1) is 9.57. The first-order valence-corrected chi connectivity index (χ1v) is 9.33. The Balaban J connectivity index is 2.41.